The molecule has 0 radical (unpaired) electrons. The number of hydrogen-bond donors (Lipinski definition) is 2. The predicted molar refractivity (Wildman–Crippen MR) is 123 cm³/mol. The highest BCUT2D eigenvalue weighted by atomic mass is 35.5. The van der Waals surface area contributed by atoms with Crippen LogP contribution < -0.4 is 25.0 Å². The van der Waals surface area contributed by atoms with Crippen LogP contribution in [-0.4, -0.2) is 50.5 Å². The van der Waals surface area contributed by atoms with E-state index in [1.54, 1.807) is 38.5 Å². The zero-order valence-corrected chi connectivity index (χ0v) is 18.4. The smallest absolute Gasteiger partial charge is 0.229 e. The molecule has 3 aromatic rings. The molecule has 0 aliphatic carbocycles. The van der Waals surface area contributed by atoms with Gasteiger partial charge in [0.15, 0.2) is 11.6 Å². The highest BCUT2D eigenvalue weighted by Gasteiger charge is 2.15. The van der Waals surface area contributed by atoms with Crippen molar-refractivity contribution in [2.45, 2.75) is 0 Å². The van der Waals surface area contributed by atoms with Crippen LogP contribution in [0.4, 0.5) is 33.2 Å². The first-order valence-corrected chi connectivity index (χ1v) is 10.4. The third kappa shape index (κ3) is 5.12. The molecule has 8 nitrogen and oxygen atoms in total. The Morgan fingerprint density at radius 2 is 1.72 bits per heavy atom. The van der Waals surface area contributed by atoms with Gasteiger partial charge in [-0.2, -0.15) is 4.98 Å². The number of nitrogens with one attached hydrogen (secondary N) is 2. The minimum atomic E-state index is -0.591. The second kappa shape index (κ2) is 9.88. The summed E-state index contributed by atoms with van der Waals surface area (Å²) in [4.78, 5) is 10.4. The van der Waals surface area contributed by atoms with Gasteiger partial charge in [0, 0.05) is 42.7 Å². The van der Waals surface area contributed by atoms with Gasteiger partial charge >= 0.3 is 0 Å². The molecule has 2 aromatic carbocycles. The first-order valence-electron chi connectivity index (χ1n) is 9.97. The molecule has 0 spiro atoms. The van der Waals surface area contributed by atoms with Crippen LogP contribution >= 0.6 is 11.6 Å². The molecule has 0 amide bonds. The Morgan fingerprint density at radius 3 is 2.38 bits per heavy atom. The van der Waals surface area contributed by atoms with Crippen LogP contribution in [-0.2, 0) is 4.74 Å². The Kier molecular flexibility index (Phi) is 6.77. The summed E-state index contributed by atoms with van der Waals surface area (Å²) >= 11 is 6.48. The van der Waals surface area contributed by atoms with E-state index in [1.807, 2.05) is 12.1 Å². The van der Waals surface area contributed by atoms with Gasteiger partial charge in [-0.15, -0.1) is 0 Å². The normalized spacial score (nSPS) is 13.6. The van der Waals surface area contributed by atoms with Crippen LogP contribution in [0, 0.1) is 5.82 Å². The quantitative estimate of drug-likeness (QED) is 0.530. The molecular weight excluding hydrogens is 437 g/mol. The van der Waals surface area contributed by atoms with Crippen LogP contribution in [0.2, 0.25) is 5.02 Å². The Hall–Kier alpha value is -3.30. The number of morpholine rings is 1. The lowest BCUT2D eigenvalue weighted by molar-refractivity contribution is 0.122. The molecule has 1 aliphatic heterocycles. The number of halogens is 2. The molecular formula is C22H23ClFN5O3. The lowest BCUT2D eigenvalue weighted by Crippen LogP contribution is -2.36. The Bertz CT molecular complexity index is 1070. The van der Waals surface area contributed by atoms with Crippen molar-refractivity contribution in [2.75, 3.05) is 56.1 Å². The number of methoxy groups -OCH3 is 2. The molecule has 1 fully saturated rings. The Labute approximate surface area is 190 Å². The van der Waals surface area contributed by atoms with Gasteiger partial charge in [-0.3, -0.25) is 0 Å². The summed E-state index contributed by atoms with van der Waals surface area (Å²) in [5.74, 6) is 0.838. The summed E-state index contributed by atoms with van der Waals surface area (Å²) in [5, 5.41) is 6.57. The fourth-order valence-corrected chi connectivity index (χ4v) is 3.61. The van der Waals surface area contributed by atoms with Gasteiger partial charge in [0.25, 0.3) is 0 Å². The van der Waals surface area contributed by atoms with Gasteiger partial charge in [-0.05, 0) is 18.2 Å². The van der Waals surface area contributed by atoms with Crippen LogP contribution in [0.1, 0.15) is 0 Å². The largest absolute Gasteiger partial charge is 0.497 e. The third-order valence-electron chi connectivity index (χ3n) is 4.91. The fourth-order valence-electron chi connectivity index (χ4n) is 3.31. The minimum absolute atomic E-state index is 0.0209. The van der Waals surface area contributed by atoms with Crippen molar-refractivity contribution < 1.29 is 18.6 Å². The Morgan fingerprint density at radius 1 is 1.00 bits per heavy atom. The molecule has 4 rings (SSSR count). The molecule has 0 unspecified atom stereocenters. The third-order valence-corrected chi connectivity index (χ3v) is 5.22. The second-order valence-corrected chi connectivity index (χ2v) is 7.41. The number of ether oxygens (including phenoxy) is 3. The van der Waals surface area contributed by atoms with Gasteiger partial charge in [0.2, 0.25) is 5.95 Å². The van der Waals surface area contributed by atoms with E-state index in [-0.39, 0.29) is 11.8 Å². The predicted octanol–water partition coefficient (Wildman–Crippen LogP) is 4.61. The topological polar surface area (TPSA) is 80.8 Å². The molecule has 0 atom stereocenters. The molecule has 10 heteroatoms. The standard InChI is InChI=1S/C22H23ClFN5O3/c1-30-16-9-15(10-17(12-16)31-2)27-22-25-13-19(24)21(28-22)26-14-3-4-20(18(23)11-14)29-5-7-32-8-6-29/h3-4,9-13H,5-8H2,1-2H3,(H2,25,26,27,28). The summed E-state index contributed by atoms with van der Waals surface area (Å²) in [6.07, 6.45) is 1.10. The van der Waals surface area contributed by atoms with Crippen molar-refractivity contribution in [1.29, 1.82) is 0 Å². The maximum atomic E-state index is 14.4. The molecule has 32 heavy (non-hydrogen) atoms. The van der Waals surface area contributed by atoms with Crippen molar-refractivity contribution in [3.63, 3.8) is 0 Å². The summed E-state index contributed by atoms with van der Waals surface area (Å²) in [5.41, 5.74) is 2.16. The Balaban J connectivity index is 1.53. The molecule has 2 N–H and O–H groups in total. The summed E-state index contributed by atoms with van der Waals surface area (Å²) in [6.45, 7) is 2.88. The molecule has 1 aromatic heterocycles. The van der Waals surface area contributed by atoms with Crippen molar-refractivity contribution in [3.8, 4) is 11.5 Å². The molecule has 2 heterocycles. The maximum absolute atomic E-state index is 14.4. The fraction of sp³-hybridized carbons (Fsp3) is 0.273. The minimum Gasteiger partial charge on any atom is -0.497 e. The number of nitrogens with zero attached hydrogens (tertiary/aromatic N) is 3. The lowest BCUT2D eigenvalue weighted by Gasteiger charge is -2.29. The first kappa shape index (κ1) is 21.9. The number of hydrogen-bond acceptors (Lipinski definition) is 8. The summed E-state index contributed by atoms with van der Waals surface area (Å²) in [6, 6.07) is 10.7. The van der Waals surface area contributed by atoms with Gasteiger partial charge in [0.1, 0.15) is 11.5 Å². The highest BCUT2D eigenvalue weighted by molar-refractivity contribution is 6.33. The van der Waals surface area contributed by atoms with E-state index in [1.165, 1.54) is 0 Å². The van der Waals surface area contributed by atoms with Crippen LogP contribution in [0.5, 0.6) is 11.5 Å². The van der Waals surface area contributed by atoms with Gasteiger partial charge in [0.05, 0.1) is 44.3 Å². The van der Waals surface area contributed by atoms with Crippen molar-refractivity contribution in [2.24, 2.45) is 0 Å². The first-order chi connectivity index (χ1) is 15.6. The van der Waals surface area contributed by atoms with E-state index in [0.717, 1.165) is 25.0 Å². The zero-order valence-electron chi connectivity index (χ0n) is 17.7. The average Bonchev–Trinajstić information content (AvgIpc) is 2.81. The number of rotatable bonds is 7. The summed E-state index contributed by atoms with van der Waals surface area (Å²) < 4.78 is 30.3. The molecule has 0 saturated carbocycles. The van der Waals surface area contributed by atoms with E-state index < -0.39 is 5.82 Å². The number of anilines is 5. The highest BCUT2D eigenvalue weighted by Crippen LogP contribution is 2.31. The van der Waals surface area contributed by atoms with Crippen LogP contribution in [0.15, 0.2) is 42.6 Å². The van der Waals surface area contributed by atoms with Crippen molar-refractivity contribution in [3.05, 3.63) is 53.4 Å². The average molecular weight is 460 g/mol. The van der Waals surface area contributed by atoms with E-state index in [4.69, 9.17) is 25.8 Å². The maximum Gasteiger partial charge on any atom is 0.229 e. The van der Waals surface area contributed by atoms with E-state index in [2.05, 4.69) is 25.5 Å². The monoisotopic (exact) mass is 459 g/mol. The van der Waals surface area contributed by atoms with E-state index in [9.17, 15) is 4.39 Å². The zero-order chi connectivity index (χ0) is 22.5. The van der Waals surface area contributed by atoms with Crippen molar-refractivity contribution >= 4 is 40.4 Å². The van der Waals surface area contributed by atoms with Gasteiger partial charge in [-0.25, -0.2) is 9.37 Å². The second-order valence-electron chi connectivity index (χ2n) is 7.01. The SMILES string of the molecule is COc1cc(Nc2ncc(F)c(Nc3ccc(N4CCOCC4)c(Cl)c3)n2)cc(OC)c1. The molecule has 1 aliphatic rings. The van der Waals surface area contributed by atoms with E-state index >= 15 is 0 Å². The summed E-state index contributed by atoms with van der Waals surface area (Å²) in [7, 11) is 3.12. The number of aromatic nitrogens is 2. The van der Waals surface area contributed by atoms with Crippen LogP contribution in [0.25, 0.3) is 0 Å². The van der Waals surface area contributed by atoms with Crippen molar-refractivity contribution in [1.82, 2.24) is 9.97 Å². The van der Waals surface area contributed by atoms with Crippen LogP contribution in [0.3, 0.4) is 0 Å². The molecule has 0 bridgehead atoms. The lowest BCUT2D eigenvalue weighted by atomic mass is 10.2. The number of benzene rings is 2. The molecule has 168 valence electrons. The van der Waals surface area contributed by atoms with Gasteiger partial charge < -0.3 is 29.7 Å². The van der Waals surface area contributed by atoms with Gasteiger partial charge in [-0.1, -0.05) is 11.6 Å². The molecule has 1 saturated heterocycles. The van der Waals surface area contributed by atoms with E-state index in [0.29, 0.717) is 41.1 Å².